The molecule has 1 heterocycles. The Hall–Kier alpha value is -1.14. The van der Waals surface area contributed by atoms with Crippen molar-refractivity contribution < 1.29 is 24.2 Å². The van der Waals surface area contributed by atoms with Crippen LogP contribution in [0.15, 0.2) is 0 Å². The van der Waals surface area contributed by atoms with Crippen LogP contribution in [-0.2, 0) is 19.1 Å². The maximum absolute atomic E-state index is 11.7. The van der Waals surface area contributed by atoms with E-state index in [1.54, 1.807) is 0 Å². The zero-order chi connectivity index (χ0) is 13.7. The van der Waals surface area contributed by atoms with E-state index in [9.17, 15) is 14.7 Å². The lowest BCUT2D eigenvalue weighted by atomic mass is 9.98. The minimum Gasteiger partial charge on any atom is -0.480 e. The van der Waals surface area contributed by atoms with Crippen molar-refractivity contribution >= 4 is 11.9 Å². The van der Waals surface area contributed by atoms with Crippen LogP contribution in [0.5, 0.6) is 0 Å². The Morgan fingerprint density at radius 1 is 1.32 bits per heavy atom. The van der Waals surface area contributed by atoms with Gasteiger partial charge in [0.25, 0.3) is 0 Å². The van der Waals surface area contributed by atoms with Gasteiger partial charge in [-0.25, -0.2) is 4.79 Å². The zero-order valence-corrected chi connectivity index (χ0v) is 11.0. The van der Waals surface area contributed by atoms with Crippen LogP contribution in [0, 0.1) is 0 Å². The van der Waals surface area contributed by atoms with E-state index in [4.69, 9.17) is 9.47 Å². The van der Waals surface area contributed by atoms with E-state index in [1.807, 2.05) is 0 Å². The van der Waals surface area contributed by atoms with Crippen molar-refractivity contribution in [1.29, 1.82) is 0 Å². The van der Waals surface area contributed by atoms with Gasteiger partial charge in [0, 0.05) is 6.61 Å². The molecule has 0 bridgehead atoms. The normalized spacial score (nSPS) is 25.4. The number of aliphatic carboxylic acids is 1. The predicted octanol–water partition coefficient (Wildman–Crippen LogP) is 0.696. The van der Waals surface area contributed by atoms with Crippen molar-refractivity contribution in [2.24, 2.45) is 0 Å². The van der Waals surface area contributed by atoms with E-state index in [0.29, 0.717) is 19.4 Å². The molecule has 2 fully saturated rings. The van der Waals surface area contributed by atoms with Crippen molar-refractivity contribution in [1.82, 2.24) is 5.32 Å². The van der Waals surface area contributed by atoms with Crippen LogP contribution in [0.1, 0.15) is 38.5 Å². The lowest BCUT2D eigenvalue weighted by molar-refractivity contribution is -0.148. The summed E-state index contributed by atoms with van der Waals surface area (Å²) in [6.45, 7) is 1.05. The molecule has 2 aliphatic rings. The second-order valence-electron chi connectivity index (χ2n) is 5.29. The van der Waals surface area contributed by atoms with E-state index < -0.39 is 11.5 Å². The summed E-state index contributed by atoms with van der Waals surface area (Å²) in [6, 6.07) is 0. The molecule has 6 nitrogen and oxygen atoms in total. The van der Waals surface area contributed by atoms with Gasteiger partial charge in [0.2, 0.25) is 5.91 Å². The standard InChI is InChI=1S/C13H21NO5/c15-11(9-18-8-10-4-3-7-19-10)14-13(12(16)17)5-1-2-6-13/h10H,1-9H2,(H,14,15)(H,16,17)/t10-/m1/s1. The van der Waals surface area contributed by atoms with Crippen LogP contribution in [0.25, 0.3) is 0 Å². The Morgan fingerprint density at radius 3 is 2.63 bits per heavy atom. The van der Waals surface area contributed by atoms with E-state index in [0.717, 1.165) is 32.3 Å². The van der Waals surface area contributed by atoms with E-state index in [2.05, 4.69) is 5.32 Å². The first kappa shape index (κ1) is 14.3. The summed E-state index contributed by atoms with van der Waals surface area (Å²) in [6.07, 6.45) is 4.74. The van der Waals surface area contributed by atoms with Gasteiger partial charge in [-0.2, -0.15) is 0 Å². The van der Waals surface area contributed by atoms with Crippen molar-refractivity contribution in [3.05, 3.63) is 0 Å². The average molecular weight is 271 g/mol. The summed E-state index contributed by atoms with van der Waals surface area (Å²) >= 11 is 0. The third-order valence-corrected chi connectivity index (χ3v) is 3.81. The van der Waals surface area contributed by atoms with Crippen LogP contribution < -0.4 is 5.32 Å². The summed E-state index contributed by atoms with van der Waals surface area (Å²) in [5.74, 6) is -1.31. The molecule has 19 heavy (non-hydrogen) atoms. The fraction of sp³-hybridized carbons (Fsp3) is 0.846. The molecule has 1 aliphatic carbocycles. The minimum absolute atomic E-state index is 0.0766. The number of carbonyl (C=O) groups excluding carboxylic acids is 1. The molecule has 1 saturated carbocycles. The largest absolute Gasteiger partial charge is 0.480 e. The number of ether oxygens (including phenoxy) is 2. The predicted molar refractivity (Wildman–Crippen MR) is 66.8 cm³/mol. The minimum atomic E-state index is -1.08. The van der Waals surface area contributed by atoms with Crippen molar-refractivity contribution in [2.75, 3.05) is 19.8 Å². The first-order chi connectivity index (χ1) is 9.12. The van der Waals surface area contributed by atoms with Gasteiger partial charge in [-0.3, -0.25) is 4.79 Å². The smallest absolute Gasteiger partial charge is 0.329 e. The van der Waals surface area contributed by atoms with Crippen LogP contribution in [0.2, 0.25) is 0 Å². The van der Waals surface area contributed by atoms with Gasteiger partial charge in [-0.1, -0.05) is 12.8 Å². The molecule has 108 valence electrons. The van der Waals surface area contributed by atoms with Gasteiger partial charge in [-0.15, -0.1) is 0 Å². The molecule has 1 amide bonds. The zero-order valence-electron chi connectivity index (χ0n) is 11.0. The van der Waals surface area contributed by atoms with Crippen molar-refractivity contribution in [2.45, 2.75) is 50.2 Å². The van der Waals surface area contributed by atoms with E-state index in [-0.39, 0.29) is 18.6 Å². The highest BCUT2D eigenvalue weighted by molar-refractivity contribution is 5.87. The third-order valence-electron chi connectivity index (χ3n) is 3.81. The average Bonchev–Trinajstić information content (AvgIpc) is 3.00. The summed E-state index contributed by atoms with van der Waals surface area (Å²) in [5, 5.41) is 11.8. The lowest BCUT2D eigenvalue weighted by Gasteiger charge is -2.25. The number of amides is 1. The molecule has 0 aromatic carbocycles. The SMILES string of the molecule is O=C(COC[C@H]1CCCO1)NC1(C(=O)O)CCCC1. The Labute approximate surface area is 112 Å². The number of carboxylic acid groups (broad SMARTS) is 1. The number of rotatable bonds is 6. The molecule has 0 aromatic rings. The van der Waals surface area contributed by atoms with Crippen LogP contribution >= 0.6 is 0 Å². The molecular formula is C13H21NO5. The quantitative estimate of drug-likeness (QED) is 0.742. The van der Waals surface area contributed by atoms with Gasteiger partial charge in [0.05, 0.1) is 12.7 Å². The highest BCUT2D eigenvalue weighted by Crippen LogP contribution is 2.29. The second-order valence-corrected chi connectivity index (χ2v) is 5.29. The van der Waals surface area contributed by atoms with Gasteiger partial charge in [-0.05, 0) is 25.7 Å². The highest BCUT2D eigenvalue weighted by Gasteiger charge is 2.42. The Kier molecular flexibility index (Phi) is 4.76. The van der Waals surface area contributed by atoms with Crippen LogP contribution in [-0.4, -0.2) is 48.4 Å². The summed E-state index contributed by atoms with van der Waals surface area (Å²) in [4.78, 5) is 23.0. The second kappa shape index (κ2) is 6.34. The monoisotopic (exact) mass is 271 g/mol. The highest BCUT2D eigenvalue weighted by atomic mass is 16.5. The first-order valence-corrected chi connectivity index (χ1v) is 6.86. The summed E-state index contributed by atoms with van der Waals surface area (Å²) in [5.41, 5.74) is -1.08. The number of hydrogen-bond donors (Lipinski definition) is 2. The first-order valence-electron chi connectivity index (χ1n) is 6.86. The number of nitrogens with one attached hydrogen (secondary N) is 1. The molecule has 2 N–H and O–H groups in total. The molecule has 2 rings (SSSR count). The fourth-order valence-electron chi connectivity index (χ4n) is 2.73. The third kappa shape index (κ3) is 3.67. The van der Waals surface area contributed by atoms with Gasteiger partial charge < -0.3 is 19.9 Å². The maximum atomic E-state index is 11.7. The molecule has 1 atom stereocenters. The molecule has 0 aromatic heterocycles. The fourth-order valence-corrected chi connectivity index (χ4v) is 2.73. The molecule has 0 radical (unpaired) electrons. The van der Waals surface area contributed by atoms with E-state index in [1.165, 1.54) is 0 Å². The van der Waals surface area contributed by atoms with Crippen molar-refractivity contribution in [3.63, 3.8) is 0 Å². The van der Waals surface area contributed by atoms with Crippen molar-refractivity contribution in [3.8, 4) is 0 Å². The molecule has 0 spiro atoms. The van der Waals surface area contributed by atoms with Gasteiger partial charge in [0.15, 0.2) is 0 Å². The Morgan fingerprint density at radius 2 is 2.05 bits per heavy atom. The Bertz CT molecular complexity index is 332. The summed E-state index contributed by atoms with van der Waals surface area (Å²) in [7, 11) is 0. The summed E-state index contributed by atoms with van der Waals surface area (Å²) < 4.78 is 10.7. The van der Waals surface area contributed by atoms with Crippen LogP contribution in [0.4, 0.5) is 0 Å². The topological polar surface area (TPSA) is 84.9 Å². The molecule has 1 aliphatic heterocycles. The Balaban J connectivity index is 1.72. The van der Waals surface area contributed by atoms with Gasteiger partial charge in [0.1, 0.15) is 12.1 Å². The van der Waals surface area contributed by atoms with Gasteiger partial charge >= 0.3 is 5.97 Å². The molecular weight excluding hydrogens is 250 g/mol. The molecule has 0 unspecified atom stereocenters. The van der Waals surface area contributed by atoms with Crippen LogP contribution in [0.3, 0.4) is 0 Å². The van der Waals surface area contributed by atoms with E-state index >= 15 is 0 Å². The number of hydrogen-bond acceptors (Lipinski definition) is 4. The lowest BCUT2D eigenvalue weighted by Crippen LogP contribution is -2.53. The molecule has 6 heteroatoms. The molecule has 1 saturated heterocycles. The maximum Gasteiger partial charge on any atom is 0.329 e. The number of carboxylic acids is 1. The number of carbonyl (C=O) groups is 2.